The molecule has 7 nitrogen and oxygen atoms in total. The van der Waals surface area contributed by atoms with E-state index in [1.54, 1.807) is 29.1 Å². The summed E-state index contributed by atoms with van der Waals surface area (Å²) in [6.45, 7) is 0.591. The fourth-order valence-corrected chi connectivity index (χ4v) is 4.29. The molecule has 0 aliphatic heterocycles. The molecule has 19 heavy (non-hydrogen) atoms. The van der Waals surface area contributed by atoms with Gasteiger partial charge in [0.2, 0.25) is 0 Å². The highest BCUT2D eigenvalue weighted by molar-refractivity contribution is 7.80. The summed E-state index contributed by atoms with van der Waals surface area (Å²) in [4.78, 5) is 36.2. The third kappa shape index (κ3) is 5.36. The Morgan fingerprint density at radius 3 is 2.26 bits per heavy atom. The molecule has 1 heterocycles. The van der Waals surface area contributed by atoms with Crippen molar-refractivity contribution in [1.82, 2.24) is 0 Å². The quantitative estimate of drug-likeness (QED) is 0.288. The summed E-state index contributed by atoms with van der Waals surface area (Å²) in [7, 11) is -9.76. The Labute approximate surface area is 116 Å². The topological polar surface area (TPSA) is 119 Å². The summed E-state index contributed by atoms with van der Waals surface area (Å²) in [5.41, 5.74) is 0.445. The summed E-state index contributed by atoms with van der Waals surface area (Å²) in [6, 6.07) is 3.21. The largest absolute Gasteiger partial charge is 0.341 e. The molecule has 0 atom stereocenters. The van der Waals surface area contributed by atoms with Gasteiger partial charge in [0.25, 0.3) is 0 Å². The van der Waals surface area contributed by atoms with E-state index in [1.165, 1.54) is 0 Å². The van der Waals surface area contributed by atoms with E-state index in [0.29, 0.717) is 17.9 Å². The van der Waals surface area contributed by atoms with Crippen LogP contribution in [0.4, 0.5) is 0 Å². The Balaban J connectivity index is 3.01. The molecule has 0 spiro atoms. The summed E-state index contributed by atoms with van der Waals surface area (Å²) in [5.74, 6) is 0.578. The van der Waals surface area contributed by atoms with Crippen molar-refractivity contribution in [3.8, 4) is 0 Å². The van der Waals surface area contributed by atoms with Gasteiger partial charge in [-0.3, -0.25) is 9.13 Å². The van der Waals surface area contributed by atoms with Gasteiger partial charge in [-0.25, -0.2) is 4.57 Å². The van der Waals surface area contributed by atoms with Crippen molar-refractivity contribution in [2.75, 3.05) is 5.75 Å². The number of hydrogen-bond donors (Lipinski definition) is 5. The number of pyridine rings is 1. The summed E-state index contributed by atoms with van der Waals surface area (Å²) < 4.78 is 24.1. The second-order valence-electron chi connectivity index (χ2n) is 4.04. The molecule has 0 unspecified atom stereocenters. The molecular formula is C9H16NO6P2S+. The van der Waals surface area contributed by atoms with Crippen LogP contribution in [0.5, 0.6) is 0 Å². The van der Waals surface area contributed by atoms with Gasteiger partial charge in [-0.05, 0) is 6.07 Å². The molecular weight excluding hydrogens is 312 g/mol. The molecule has 10 heteroatoms. The van der Waals surface area contributed by atoms with Crippen LogP contribution in [0.15, 0.2) is 24.5 Å². The van der Waals surface area contributed by atoms with E-state index in [1.807, 2.05) is 0 Å². The summed E-state index contributed by atoms with van der Waals surface area (Å²) >= 11 is 4.06. The highest BCUT2D eigenvalue weighted by Gasteiger charge is 2.43. The van der Waals surface area contributed by atoms with E-state index in [0.717, 1.165) is 0 Å². The van der Waals surface area contributed by atoms with Crippen molar-refractivity contribution in [1.29, 1.82) is 0 Å². The highest BCUT2D eigenvalue weighted by Crippen LogP contribution is 2.60. The van der Waals surface area contributed by atoms with E-state index in [4.69, 9.17) is 19.6 Å². The molecule has 1 rings (SSSR count). The maximum atomic E-state index is 11.2. The van der Waals surface area contributed by atoms with Crippen LogP contribution in [0.3, 0.4) is 0 Å². The molecule has 0 saturated heterocycles. The Hall–Kier alpha value is -0.200. The Morgan fingerprint density at radius 2 is 1.79 bits per heavy atom. The summed E-state index contributed by atoms with van der Waals surface area (Å²) in [5, 5.41) is -2.01. The van der Waals surface area contributed by atoms with Gasteiger partial charge in [0, 0.05) is 23.8 Å². The van der Waals surface area contributed by atoms with Crippen molar-refractivity contribution < 1.29 is 33.3 Å². The molecule has 0 aromatic carbocycles. The predicted octanol–water partition coefficient (Wildman–Crippen LogP) is 0.128. The van der Waals surface area contributed by atoms with Crippen LogP contribution in [0.2, 0.25) is 0 Å². The zero-order chi connectivity index (χ0) is 14.7. The first-order valence-corrected chi connectivity index (χ1v) is 9.33. The lowest BCUT2D eigenvalue weighted by Gasteiger charge is -2.18. The molecule has 0 radical (unpaired) electrons. The van der Waals surface area contributed by atoms with Crippen molar-refractivity contribution in [3.63, 3.8) is 0 Å². The second-order valence-corrected chi connectivity index (χ2v) is 8.49. The van der Waals surface area contributed by atoms with Crippen LogP contribution in [0.1, 0.15) is 5.56 Å². The first-order valence-electron chi connectivity index (χ1n) is 5.34. The van der Waals surface area contributed by atoms with E-state index < -0.39 is 20.6 Å². The van der Waals surface area contributed by atoms with Crippen molar-refractivity contribution >= 4 is 27.8 Å². The molecule has 1 aromatic rings. The number of nitrogens with zero attached hydrogens (tertiary/aromatic N) is 1. The summed E-state index contributed by atoms with van der Waals surface area (Å²) in [6.07, 6.45) is 2.94. The molecule has 4 N–H and O–H groups in total. The lowest BCUT2D eigenvalue weighted by atomic mass is 10.2. The maximum absolute atomic E-state index is 11.2. The van der Waals surface area contributed by atoms with Crippen LogP contribution in [0.25, 0.3) is 0 Å². The van der Waals surface area contributed by atoms with Gasteiger partial charge in [-0.1, -0.05) is 0 Å². The molecule has 0 aliphatic rings. The molecule has 0 fully saturated rings. The lowest BCUT2D eigenvalue weighted by molar-refractivity contribution is -0.692. The van der Waals surface area contributed by atoms with Gasteiger partial charge < -0.3 is 19.6 Å². The van der Waals surface area contributed by atoms with E-state index in [-0.39, 0.29) is 6.42 Å². The van der Waals surface area contributed by atoms with Gasteiger partial charge in [0.15, 0.2) is 24.3 Å². The minimum absolute atomic E-state index is 0.387. The Bertz CT molecular complexity index is 505. The Kier molecular flexibility index (Phi) is 5.77. The van der Waals surface area contributed by atoms with Gasteiger partial charge in [0.05, 0.1) is 0 Å². The second kappa shape index (κ2) is 6.50. The monoisotopic (exact) mass is 328 g/mol. The molecule has 1 aromatic heterocycles. The van der Waals surface area contributed by atoms with E-state index in [9.17, 15) is 9.13 Å². The van der Waals surface area contributed by atoms with Gasteiger partial charge >= 0.3 is 15.2 Å². The fraction of sp³-hybridized carbons (Fsp3) is 0.444. The van der Waals surface area contributed by atoms with Crippen LogP contribution in [-0.2, 0) is 22.1 Å². The van der Waals surface area contributed by atoms with E-state index in [2.05, 4.69) is 12.6 Å². The molecule has 0 saturated carbocycles. The third-order valence-electron chi connectivity index (χ3n) is 2.47. The minimum atomic E-state index is -4.88. The normalized spacial score (nSPS) is 12.9. The fourth-order valence-electron chi connectivity index (χ4n) is 1.60. The predicted molar refractivity (Wildman–Crippen MR) is 72.1 cm³/mol. The maximum Gasteiger partial charge on any atom is 0.341 e. The zero-order valence-electron chi connectivity index (χ0n) is 9.90. The highest BCUT2D eigenvalue weighted by atomic mass is 32.1. The molecule has 108 valence electrons. The smallest absolute Gasteiger partial charge is 0.324 e. The van der Waals surface area contributed by atoms with E-state index >= 15 is 0 Å². The van der Waals surface area contributed by atoms with Crippen molar-refractivity contribution in [2.45, 2.75) is 18.4 Å². The van der Waals surface area contributed by atoms with Crippen LogP contribution in [-0.4, -0.2) is 30.7 Å². The number of aryl methyl sites for hydroxylation is 1. The zero-order valence-corrected chi connectivity index (χ0v) is 12.6. The number of hydrogen-bond acceptors (Lipinski definition) is 3. The standard InChI is InChI=1S/C9H15NO6P2S/c11-17(12,13)9(18(14,15)16)6-8-2-1-3-10(7-8)4-5-19/h1-3,7,9H,4-6H2,(H4-,11,12,13,14,15,16,19)/p+1. The Morgan fingerprint density at radius 1 is 1.21 bits per heavy atom. The molecule has 0 bridgehead atoms. The van der Waals surface area contributed by atoms with Crippen molar-refractivity contribution in [3.05, 3.63) is 30.1 Å². The average molecular weight is 328 g/mol. The van der Waals surface area contributed by atoms with Gasteiger partial charge in [-0.2, -0.15) is 12.6 Å². The van der Waals surface area contributed by atoms with Gasteiger partial charge in [0.1, 0.15) is 0 Å². The average Bonchev–Trinajstić information content (AvgIpc) is 2.24. The molecule has 0 amide bonds. The van der Waals surface area contributed by atoms with Gasteiger partial charge in [-0.15, -0.1) is 0 Å². The first-order chi connectivity index (χ1) is 8.64. The van der Waals surface area contributed by atoms with Crippen molar-refractivity contribution in [2.24, 2.45) is 0 Å². The minimum Gasteiger partial charge on any atom is -0.324 e. The van der Waals surface area contributed by atoms with Crippen LogP contribution < -0.4 is 4.57 Å². The third-order valence-corrected chi connectivity index (χ3v) is 6.40. The van der Waals surface area contributed by atoms with Crippen LogP contribution in [0, 0.1) is 0 Å². The SMILES string of the molecule is O=P(O)(O)C(Cc1ccc[n+](CCS)c1)P(=O)(O)O. The molecule has 0 aliphatic carbocycles. The van der Waals surface area contributed by atoms with Crippen LogP contribution >= 0.6 is 27.8 Å². The first kappa shape index (κ1) is 16.9. The number of rotatable bonds is 6. The lowest BCUT2D eigenvalue weighted by Crippen LogP contribution is -2.34. The number of aromatic nitrogens is 1. The number of thiol groups is 1.